The summed E-state index contributed by atoms with van der Waals surface area (Å²) in [5, 5.41) is 0. The minimum atomic E-state index is -0.543. The van der Waals surface area contributed by atoms with Crippen molar-refractivity contribution in [3.63, 3.8) is 0 Å². The topological polar surface area (TPSA) is 20.3 Å². The second-order valence-corrected chi connectivity index (χ2v) is 5.97. The zero-order chi connectivity index (χ0) is 16.0. The van der Waals surface area contributed by atoms with Gasteiger partial charge in [0.2, 0.25) is 0 Å². The Balaban J connectivity index is 0.00000264. The number of carbonyl (C=O) groups excluding carboxylic acids is 1. The lowest BCUT2D eigenvalue weighted by Gasteiger charge is -2.33. The van der Waals surface area contributed by atoms with E-state index in [-0.39, 0.29) is 12.4 Å². The molecule has 0 saturated carbocycles. The highest BCUT2D eigenvalue weighted by atomic mass is 35.5. The molecule has 0 aromatic heterocycles. The Bertz CT molecular complexity index is 556. The first-order valence-electron chi connectivity index (χ1n) is 7.90. The van der Waals surface area contributed by atoms with Crippen LogP contribution in [0.3, 0.4) is 0 Å². The maximum absolute atomic E-state index is 13.2. The third-order valence-electron chi connectivity index (χ3n) is 4.33. The summed E-state index contributed by atoms with van der Waals surface area (Å²) < 4.78 is 0. The monoisotopic (exact) mass is 331 g/mol. The lowest BCUT2D eigenvalue weighted by atomic mass is 9.68. The predicted octanol–water partition coefficient (Wildman–Crippen LogP) is 4.33. The molecule has 2 nitrogen and oxygen atoms in total. The summed E-state index contributed by atoms with van der Waals surface area (Å²) in [7, 11) is 4.01. The molecule has 2 aromatic carbocycles. The van der Waals surface area contributed by atoms with Gasteiger partial charge in [-0.3, -0.25) is 4.79 Å². The van der Waals surface area contributed by atoms with Crippen LogP contribution in [0.25, 0.3) is 0 Å². The van der Waals surface area contributed by atoms with Crippen LogP contribution >= 0.6 is 12.4 Å². The maximum Gasteiger partial charge on any atom is 0.149 e. The highest BCUT2D eigenvalue weighted by molar-refractivity contribution is 5.94. The van der Waals surface area contributed by atoms with Gasteiger partial charge in [-0.2, -0.15) is 0 Å². The SMILES string of the molecule is CCC(C(=O)CCN(C)C)(c1ccccc1)c1ccccc1.Cl. The molecule has 0 heterocycles. The Kier molecular flexibility index (Phi) is 7.47. The summed E-state index contributed by atoms with van der Waals surface area (Å²) in [6.07, 6.45) is 1.33. The Morgan fingerprint density at radius 2 is 1.35 bits per heavy atom. The molecule has 0 atom stereocenters. The zero-order valence-electron chi connectivity index (χ0n) is 14.2. The first-order chi connectivity index (χ1) is 10.6. The van der Waals surface area contributed by atoms with Gasteiger partial charge in [-0.15, -0.1) is 12.4 Å². The third-order valence-corrected chi connectivity index (χ3v) is 4.33. The largest absolute Gasteiger partial charge is 0.309 e. The first kappa shape index (κ1) is 19.4. The van der Waals surface area contributed by atoms with Crippen LogP contribution in [0.1, 0.15) is 30.9 Å². The number of benzene rings is 2. The van der Waals surface area contributed by atoms with Gasteiger partial charge in [0.25, 0.3) is 0 Å². The highest BCUT2D eigenvalue weighted by Crippen LogP contribution is 2.37. The van der Waals surface area contributed by atoms with E-state index in [0.29, 0.717) is 12.2 Å². The van der Waals surface area contributed by atoms with Gasteiger partial charge < -0.3 is 4.90 Å². The Morgan fingerprint density at radius 3 is 1.70 bits per heavy atom. The lowest BCUT2D eigenvalue weighted by Crippen LogP contribution is -2.38. The van der Waals surface area contributed by atoms with Gasteiger partial charge in [-0.1, -0.05) is 67.6 Å². The number of hydrogen-bond acceptors (Lipinski definition) is 2. The number of carbonyl (C=O) groups is 1. The van der Waals surface area contributed by atoms with Gasteiger partial charge in [-0.25, -0.2) is 0 Å². The summed E-state index contributed by atoms with van der Waals surface area (Å²) >= 11 is 0. The van der Waals surface area contributed by atoms with E-state index in [1.165, 1.54) is 0 Å². The normalized spacial score (nSPS) is 11.1. The van der Waals surface area contributed by atoms with Crippen molar-refractivity contribution in [2.45, 2.75) is 25.2 Å². The van der Waals surface area contributed by atoms with E-state index in [4.69, 9.17) is 0 Å². The van der Waals surface area contributed by atoms with Crippen molar-refractivity contribution >= 4 is 18.2 Å². The fourth-order valence-corrected chi connectivity index (χ4v) is 3.08. The van der Waals surface area contributed by atoms with Crippen molar-refractivity contribution in [3.05, 3.63) is 71.8 Å². The van der Waals surface area contributed by atoms with Crippen LogP contribution in [0.2, 0.25) is 0 Å². The highest BCUT2D eigenvalue weighted by Gasteiger charge is 2.39. The van der Waals surface area contributed by atoms with E-state index in [9.17, 15) is 4.79 Å². The molecular formula is C20H26ClNO. The first-order valence-corrected chi connectivity index (χ1v) is 7.90. The number of hydrogen-bond donors (Lipinski definition) is 0. The molecule has 0 N–H and O–H groups in total. The van der Waals surface area contributed by atoms with Gasteiger partial charge >= 0.3 is 0 Å². The Morgan fingerprint density at radius 1 is 0.913 bits per heavy atom. The van der Waals surface area contributed by atoms with E-state index < -0.39 is 5.41 Å². The van der Waals surface area contributed by atoms with Crippen molar-refractivity contribution in [3.8, 4) is 0 Å². The summed E-state index contributed by atoms with van der Waals surface area (Å²) in [6, 6.07) is 20.4. The molecular weight excluding hydrogens is 306 g/mol. The molecule has 2 rings (SSSR count). The average molecular weight is 332 g/mol. The minimum absolute atomic E-state index is 0. The standard InChI is InChI=1S/C20H25NO.ClH/c1-4-20(17-11-7-5-8-12-17,18-13-9-6-10-14-18)19(22)15-16-21(2)3;/h5-14H,4,15-16H2,1-3H3;1H. The molecule has 0 aliphatic rings. The Hall–Kier alpha value is -1.64. The molecule has 0 amide bonds. The van der Waals surface area contributed by atoms with Crippen molar-refractivity contribution in [2.75, 3.05) is 20.6 Å². The molecule has 23 heavy (non-hydrogen) atoms. The lowest BCUT2D eigenvalue weighted by molar-refractivity contribution is -0.123. The van der Waals surface area contributed by atoms with Gasteiger partial charge in [0.15, 0.2) is 0 Å². The number of rotatable bonds is 7. The number of ketones is 1. The van der Waals surface area contributed by atoms with E-state index in [0.717, 1.165) is 24.1 Å². The molecule has 0 aliphatic carbocycles. The fraction of sp³-hybridized carbons (Fsp3) is 0.350. The van der Waals surface area contributed by atoms with Crippen LogP contribution < -0.4 is 0 Å². The summed E-state index contributed by atoms with van der Waals surface area (Å²) in [6.45, 7) is 2.88. The second kappa shape index (κ2) is 8.85. The molecule has 3 heteroatoms. The predicted molar refractivity (Wildman–Crippen MR) is 99.4 cm³/mol. The van der Waals surface area contributed by atoms with E-state index >= 15 is 0 Å². The quantitative estimate of drug-likeness (QED) is 0.752. The molecule has 0 saturated heterocycles. The molecule has 0 fully saturated rings. The van der Waals surface area contributed by atoms with Crippen molar-refractivity contribution < 1.29 is 4.79 Å². The van der Waals surface area contributed by atoms with E-state index in [1.807, 2.05) is 50.5 Å². The molecule has 0 unspecified atom stereocenters. The molecule has 124 valence electrons. The summed E-state index contributed by atoms with van der Waals surface area (Å²) in [5.74, 6) is 0.293. The molecule has 0 radical (unpaired) electrons. The van der Waals surface area contributed by atoms with Crippen LogP contribution in [0.15, 0.2) is 60.7 Å². The van der Waals surface area contributed by atoms with Crippen LogP contribution in [0.4, 0.5) is 0 Å². The van der Waals surface area contributed by atoms with Crippen molar-refractivity contribution in [1.82, 2.24) is 4.90 Å². The summed E-state index contributed by atoms with van der Waals surface area (Å²) in [4.78, 5) is 15.2. The Labute approximate surface area is 145 Å². The second-order valence-electron chi connectivity index (χ2n) is 5.97. The van der Waals surface area contributed by atoms with Crippen LogP contribution in [-0.4, -0.2) is 31.3 Å². The third kappa shape index (κ3) is 4.21. The molecule has 0 spiro atoms. The van der Waals surface area contributed by atoms with Crippen LogP contribution in [-0.2, 0) is 10.2 Å². The van der Waals surface area contributed by atoms with Crippen molar-refractivity contribution in [1.29, 1.82) is 0 Å². The van der Waals surface area contributed by atoms with Crippen LogP contribution in [0, 0.1) is 0 Å². The van der Waals surface area contributed by atoms with Crippen LogP contribution in [0.5, 0.6) is 0 Å². The maximum atomic E-state index is 13.2. The number of halogens is 1. The summed E-state index contributed by atoms with van der Waals surface area (Å²) in [5.41, 5.74) is 1.64. The van der Waals surface area contributed by atoms with Crippen molar-refractivity contribution in [2.24, 2.45) is 0 Å². The minimum Gasteiger partial charge on any atom is -0.309 e. The van der Waals surface area contributed by atoms with E-state index in [2.05, 4.69) is 36.1 Å². The smallest absolute Gasteiger partial charge is 0.149 e. The van der Waals surface area contributed by atoms with Gasteiger partial charge in [0.1, 0.15) is 5.78 Å². The van der Waals surface area contributed by atoms with E-state index in [1.54, 1.807) is 0 Å². The fourth-order valence-electron chi connectivity index (χ4n) is 3.08. The zero-order valence-corrected chi connectivity index (χ0v) is 15.0. The van der Waals surface area contributed by atoms with Gasteiger partial charge in [0, 0.05) is 13.0 Å². The average Bonchev–Trinajstić information content (AvgIpc) is 2.56. The molecule has 2 aromatic rings. The van der Waals surface area contributed by atoms with Gasteiger partial charge in [-0.05, 0) is 31.6 Å². The number of Topliss-reactive ketones (excluding diaryl/α,β-unsaturated/α-hetero) is 1. The molecule has 0 aliphatic heterocycles. The van der Waals surface area contributed by atoms with Gasteiger partial charge in [0.05, 0.1) is 5.41 Å². The molecule has 0 bridgehead atoms. The number of nitrogens with zero attached hydrogens (tertiary/aromatic N) is 1.